The van der Waals surface area contributed by atoms with Gasteiger partial charge >= 0.3 is 0 Å². The number of phenolic OH excluding ortho intramolecular Hbond substituents is 1. The zero-order chi connectivity index (χ0) is 20.6. The molecular formula is C19H33IN4O4S. The Balaban J connectivity index is 0.00000420. The maximum atomic E-state index is 11.3. The van der Waals surface area contributed by atoms with Crippen LogP contribution in [0.25, 0.3) is 0 Å². The highest BCUT2D eigenvalue weighted by Gasteiger charge is 2.20. The molecule has 1 aromatic carbocycles. The second-order valence-electron chi connectivity index (χ2n) is 7.08. The van der Waals surface area contributed by atoms with Crippen molar-refractivity contribution in [3.63, 3.8) is 0 Å². The molecule has 0 atom stereocenters. The molecule has 0 amide bonds. The maximum absolute atomic E-state index is 11.3. The Morgan fingerprint density at radius 2 is 2.03 bits per heavy atom. The number of phenols is 1. The lowest BCUT2D eigenvalue weighted by Gasteiger charge is -2.32. The second kappa shape index (κ2) is 12.4. The molecular weight excluding hydrogens is 507 g/mol. The van der Waals surface area contributed by atoms with E-state index >= 15 is 0 Å². The number of nitrogens with one attached hydrogen (secondary N) is 2. The molecule has 1 fully saturated rings. The minimum absolute atomic E-state index is 0. The monoisotopic (exact) mass is 540 g/mol. The molecule has 1 aromatic rings. The zero-order valence-electron chi connectivity index (χ0n) is 17.3. The smallest absolute Gasteiger partial charge is 0.191 e. The molecule has 1 heterocycles. The van der Waals surface area contributed by atoms with Crippen LogP contribution in [0.3, 0.4) is 0 Å². The van der Waals surface area contributed by atoms with Gasteiger partial charge in [0.25, 0.3) is 0 Å². The third kappa shape index (κ3) is 9.39. The molecule has 0 spiro atoms. The third-order valence-corrected chi connectivity index (χ3v) is 5.67. The van der Waals surface area contributed by atoms with Crippen molar-refractivity contribution >= 4 is 39.8 Å². The Morgan fingerprint density at radius 3 is 2.62 bits per heavy atom. The summed E-state index contributed by atoms with van der Waals surface area (Å²) in [7, 11) is -1.33. The maximum Gasteiger partial charge on any atom is 0.191 e. The first-order valence-electron chi connectivity index (χ1n) is 9.61. The van der Waals surface area contributed by atoms with Crippen molar-refractivity contribution in [3.05, 3.63) is 23.8 Å². The largest absolute Gasteiger partial charge is 0.508 e. The van der Waals surface area contributed by atoms with Gasteiger partial charge in [0, 0.05) is 44.0 Å². The number of halogens is 1. The molecule has 1 aliphatic heterocycles. The summed E-state index contributed by atoms with van der Waals surface area (Å²) in [5.74, 6) is 1.79. The average molecular weight is 540 g/mol. The third-order valence-electron chi connectivity index (χ3n) is 4.75. The summed E-state index contributed by atoms with van der Waals surface area (Å²) >= 11 is 0. The molecule has 8 nitrogen and oxygen atoms in total. The van der Waals surface area contributed by atoms with Gasteiger partial charge in [-0.2, -0.15) is 0 Å². The Labute approximate surface area is 191 Å². The highest BCUT2D eigenvalue weighted by Crippen LogP contribution is 2.23. The minimum atomic E-state index is -2.92. The Hall–Kier alpha value is -1.27. The quantitative estimate of drug-likeness (QED) is 0.262. The van der Waals surface area contributed by atoms with Crippen LogP contribution in [0.15, 0.2) is 23.2 Å². The number of hydrogen-bond donors (Lipinski definition) is 3. The van der Waals surface area contributed by atoms with Crippen molar-refractivity contribution in [3.8, 4) is 11.5 Å². The predicted molar refractivity (Wildman–Crippen MR) is 127 cm³/mol. The molecule has 3 N–H and O–H groups in total. The normalized spacial score (nSPS) is 16.2. The lowest BCUT2D eigenvalue weighted by molar-refractivity contribution is 0.216. The van der Waals surface area contributed by atoms with Crippen molar-refractivity contribution in [1.29, 1.82) is 0 Å². The van der Waals surface area contributed by atoms with E-state index in [1.807, 2.05) is 6.92 Å². The highest BCUT2D eigenvalue weighted by molar-refractivity contribution is 14.0. The summed E-state index contributed by atoms with van der Waals surface area (Å²) < 4.78 is 27.8. The van der Waals surface area contributed by atoms with Crippen LogP contribution in [-0.2, 0) is 16.4 Å². The van der Waals surface area contributed by atoms with Crippen LogP contribution >= 0.6 is 24.0 Å². The number of nitrogens with zero attached hydrogens (tertiary/aromatic N) is 2. The van der Waals surface area contributed by atoms with Crippen molar-refractivity contribution in [1.82, 2.24) is 15.5 Å². The number of likely N-dealkylation sites (tertiary alicyclic amines) is 1. The lowest BCUT2D eigenvalue weighted by atomic mass is 10.1. The summed E-state index contributed by atoms with van der Waals surface area (Å²) in [5.41, 5.74) is 0.701. The summed E-state index contributed by atoms with van der Waals surface area (Å²) in [5, 5.41) is 16.7. The first-order chi connectivity index (χ1) is 13.3. The standard InChI is InChI=1S/C19H32N4O4S.HI/c1-4-20-19(21-14-15-13-17(27-2)5-6-18(15)24)22-16-7-9-23(10-8-16)11-12-28(3,25)26;/h5-6,13,16,24H,4,7-12,14H2,1-3H3,(H2,20,21,22);1H. The number of aliphatic imine (C=N–C) groups is 1. The van der Waals surface area contributed by atoms with Crippen molar-refractivity contribution < 1.29 is 18.3 Å². The van der Waals surface area contributed by atoms with Crippen LogP contribution in [0.5, 0.6) is 11.5 Å². The van der Waals surface area contributed by atoms with Gasteiger partial charge in [0.05, 0.1) is 19.4 Å². The van der Waals surface area contributed by atoms with Crippen LogP contribution in [0.1, 0.15) is 25.3 Å². The number of sulfone groups is 1. The van der Waals surface area contributed by atoms with Gasteiger partial charge in [-0.05, 0) is 38.0 Å². The van der Waals surface area contributed by atoms with E-state index in [0.717, 1.165) is 32.5 Å². The number of benzene rings is 1. The Kier molecular flexibility index (Phi) is 11.0. The van der Waals surface area contributed by atoms with Gasteiger partial charge in [-0.1, -0.05) is 0 Å². The molecule has 0 saturated carbocycles. The van der Waals surface area contributed by atoms with E-state index in [9.17, 15) is 13.5 Å². The average Bonchev–Trinajstić information content (AvgIpc) is 2.66. The van der Waals surface area contributed by atoms with Crippen molar-refractivity contribution in [2.45, 2.75) is 32.4 Å². The second-order valence-corrected chi connectivity index (χ2v) is 9.34. The van der Waals surface area contributed by atoms with Gasteiger partial charge in [-0.15, -0.1) is 24.0 Å². The van der Waals surface area contributed by atoms with Gasteiger partial charge in [0.2, 0.25) is 0 Å². The van der Waals surface area contributed by atoms with E-state index in [1.54, 1.807) is 25.3 Å². The summed E-state index contributed by atoms with van der Waals surface area (Å²) in [6.45, 7) is 5.41. The topological polar surface area (TPSA) is 103 Å². The van der Waals surface area contributed by atoms with E-state index in [4.69, 9.17) is 4.74 Å². The molecule has 2 rings (SSSR count). The molecule has 0 aromatic heterocycles. The fourth-order valence-corrected chi connectivity index (χ4v) is 3.68. The molecule has 10 heteroatoms. The molecule has 0 bridgehead atoms. The summed E-state index contributed by atoms with van der Waals surface area (Å²) in [4.78, 5) is 6.78. The van der Waals surface area contributed by atoms with Crippen LogP contribution in [-0.4, -0.2) is 75.7 Å². The summed E-state index contributed by atoms with van der Waals surface area (Å²) in [6, 6.07) is 5.38. The Bertz CT molecular complexity index is 765. The van der Waals surface area contributed by atoms with Crippen molar-refractivity contribution in [2.24, 2.45) is 4.99 Å². The molecule has 166 valence electrons. The van der Waals surface area contributed by atoms with Crippen LogP contribution in [0, 0.1) is 0 Å². The molecule has 0 radical (unpaired) electrons. The predicted octanol–water partition coefficient (Wildman–Crippen LogP) is 1.58. The first kappa shape index (κ1) is 25.8. The number of methoxy groups -OCH3 is 1. The van der Waals surface area contributed by atoms with Crippen LogP contribution in [0.4, 0.5) is 0 Å². The first-order valence-corrected chi connectivity index (χ1v) is 11.7. The van der Waals surface area contributed by atoms with Gasteiger partial charge < -0.3 is 25.4 Å². The SMILES string of the molecule is CCNC(=NCc1cc(OC)ccc1O)NC1CCN(CCS(C)(=O)=O)CC1.I. The molecule has 1 saturated heterocycles. The fourth-order valence-electron chi connectivity index (χ4n) is 3.09. The molecule has 1 aliphatic rings. The van der Waals surface area contributed by atoms with Gasteiger partial charge in [0.15, 0.2) is 5.96 Å². The van der Waals surface area contributed by atoms with Gasteiger partial charge in [-0.3, -0.25) is 0 Å². The van der Waals surface area contributed by atoms with E-state index in [0.29, 0.717) is 30.4 Å². The van der Waals surface area contributed by atoms with E-state index in [2.05, 4.69) is 20.5 Å². The fraction of sp³-hybridized carbons (Fsp3) is 0.632. The van der Waals surface area contributed by atoms with E-state index in [1.165, 1.54) is 6.26 Å². The summed E-state index contributed by atoms with van der Waals surface area (Å²) in [6.07, 6.45) is 3.14. The number of piperidine rings is 1. The molecule has 0 aliphatic carbocycles. The number of aromatic hydroxyl groups is 1. The van der Waals surface area contributed by atoms with E-state index in [-0.39, 0.29) is 41.5 Å². The van der Waals surface area contributed by atoms with Gasteiger partial charge in [-0.25, -0.2) is 13.4 Å². The molecule has 29 heavy (non-hydrogen) atoms. The number of hydrogen-bond acceptors (Lipinski definition) is 6. The minimum Gasteiger partial charge on any atom is -0.508 e. The number of guanidine groups is 1. The van der Waals surface area contributed by atoms with E-state index < -0.39 is 9.84 Å². The van der Waals surface area contributed by atoms with Crippen LogP contribution < -0.4 is 15.4 Å². The van der Waals surface area contributed by atoms with Crippen molar-refractivity contribution in [2.75, 3.05) is 45.3 Å². The molecule has 0 unspecified atom stereocenters. The lowest BCUT2D eigenvalue weighted by Crippen LogP contribution is -2.49. The van der Waals surface area contributed by atoms with Gasteiger partial charge in [0.1, 0.15) is 21.3 Å². The number of rotatable bonds is 8. The zero-order valence-corrected chi connectivity index (χ0v) is 20.5. The highest BCUT2D eigenvalue weighted by atomic mass is 127. The van der Waals surface area contributed by atoms with Crippen LogP contribution in [0.2, 0.25) is 0 Å². The Morgan fingerprint density at radius 1 is 1.34 bits per heavy atom. The number of ether oxygens (including phenoxy) is 1.